The fourth-order valence-electron chi connectivity index (χ4n) is 1.59. The van der Waals surface area contributed by atoms with Crippen molar-refractivity contribution >= 4 is 18.3 Å². The number of amides is 1. The van der Waals surface area contributed by atoms with Crippen molar-refractivity contribution in [3.8, 4) is 5.75 Å². The molecule has 20 heavy (non-hydrogen) atoms. The minimum Gasteiger partial charge on any atom is -0.493 e. The second kappa shape index (κ2) is 8.82. The highest BCUT2D eigenvalue weighted by atomic mass is 35.5. The van der Waals surface area contributed by atoms with Gasteiger partial charge in [-0.2, -0.15) is 0 Å². The van der Waals surface area contributed by atoms with Crippen molar-refractivity contribution in [1.82, 2.24) is 5.32 Å². The first-order valence-electron chi connectivity index (χ1n) is 6.67. The van der Waals surface area contributed by atoms with Gasteiger partial charge in [-0.3, -0.25) is 4.79 Å². The first-order chi connectivity index (χ1) is 8.98. The predicted molar refractivity (Wildman–Crippen MR) is 84.2 cm³/mol. The standard InChI is InChI=1S/C15H24N2O2.ClH/c1-12(2)15(3,11-16)17-14(18)9-10-19-13-7-5-4-6-8-13;/h4-8,12H,9-11,16H2,1-3H3,(H,17,18);1H. The van der Waals surface area contributed by atoms with Gasteiger partial charge in [-0.15, -0.1) is 12.4 Å². The lowest BCUT2D eigenvalue weighted by Gasteiger charge is -2.33. The molecule has 0 fully saturated rings. The van der Waals surface area contributed by atoms with E-state index in [4.69, 9.17) is 10.5 Å². The molecular formula is C15H25ClN2O2. The van der Waals surface area contributed by atoms with Gasteiger partial charge >= 0.3 is 0 Å². The minimum atomic E-state index is -0.357. The maximum absolute atomic E-state index is 11.9. The number of halogens is 1. The van der Waals surface area contributed by atoms with E-state index in [1.165, 1.54) is 0 Å². The van der Waals surface area contributed by atoms with E-state index in [1.807, 2.05) is 51.1 Å². The number of hydrogen-bond acceptors (Lipinski definition) is 3. The molecule has 5 heteroatoms. The Morgan fingerprint density at radius 1 is 1.35 bits per heavy atom. The van der Waals surface area contributed by atoms with Crippen LogP contribution in [0.25, 0.3) is 0 Å². The van der Waals surface area contributed by atoms with Gasteiger partial charge in [0.1, 0.15) is 5.75 Å². The number of para-hydroxylation sites is 1. The molecule has 1 aromatic rings. The Bertz CT molecular complexity index is 398. The van der Waals surface area contributed by atoms with Crippen molar-refractivity contribution in [3.05, 3.63) is 30.3 Å². The number of nitrogens with one attached hydrogen (secondary N) is 1. The Labute approximate surface area is 127 Å². The van der Waals surface area contributed by atoms with E-state index < -0.39 is 0 Å². The zero-order valence-electron chi connectivity index (χ0n) is 12.4. The average molecular weight is 301 g/mol. The smallest absolute Gasteiger partial charge is 0.223 e. The summed E-state index contributed by atoms with van der Waals surface area (Å²) in [6.07, 6.45) is 0.331. The largest absolute Gasteiger partial charge is 0.493 e. The van der Waals surface area contributed by atoms with E-state index in [0.717, 1.165) is 5.75 Å². The molecule has 0 aliphatic carbocycles. The van der Waals surface area contributed by atoms with E-state index in [1.54, 1.807) is 0 Å². The third-order valence-corrected chi connectivity index (χ3v) is 3.46. The highest BCUT2D eigenvalue weighted by Crippen LogP contribution is 2.15. The van der Waals surface area contributed by atoms with Gasteiger partial charge in [-0.05, 0) is 25.0 Å². The molecule has 0 aliphatic heterocycles. The molecule has 4 nitrogen and oxygen atoms in total. The summed E-state index contributed by atoms with van der Waals surface area (Å²) in [6, 6.07) is 9.47. The van der Waals surface area contributed by atoms with Gasteiger partial charge in [0.25, 0.3) is 0 Å². The van der Waals surface area contributed by atoms with Gasteiger partial charge < -0.3 is 15.8 Å². The average Bonchev–Trinajstić information content (AvgIpc) is 2.39. The van der Waals surface area contributed by atoms with Gasteiger partial charge in [0.15, 0.2) is 0 Å². The van der Waals surface area contributed by atoms with Crippen LogP contribution in [0.3, 0.4) is 0 Å². The Balaban J connectivity index is 0.00000361. The molecule has 0 heterocycles. The van der Waals surface area contributed by atoms with E-state index in [-0.39, 0.29) is 29.8 Å². The summed E-state index contributed by atoms with van der Waals surface area (Å²) in [5.74, 6) is 1.04. The fourth-order valence-corrected chi connectivity index (χ4v) is 1.59. The fraction of sp³-hybridized carbons (Fsp3) is 0.533. The molecule has 0 radical (unpaired) electrons. The number of carbonyl (C=O) groups is 1. The summed E-state index contributed by atoms with van der Waals surface area (Å²) in [5, 5.41) is 2.98. The first-order valence-corrected chi connectivity index (χ1v) is 6.67. The Morgan fingerprint density at radius 2 is 1.95 bits per heavy atom. The van der Waals surface area contributed by atoms with Gasteiger partial charge in [-0.25, -0.2) is 0 Å². The molecule has 0 bridgehead atoms. The van der Waals surface area contributed by atoms with Crippen molar-refractivity contribution in [2.45, 2.75) is 32.7 Å². The molecule has 0 aromatic heterocycles. The zero-order chi connectivity index (χ0) is 14.3. The highest BCUT2D eigenvalue weighted by Gasteiger charge is 2.28. The maximum Gasteiger partial charge on any atom is 0.223 e. The van der Waals surface area contributed by atoms with Gasteiger partial charge in [0, 0.05) is 6.54 Å². The molecule has 0 spiro atoms. The van der Waals surface area contributed by atoms with Crippen LogP contribution in [0.4, 0.5) is 0 Å². The van der Waals surface area contributed by atoms with Crippen molar-refractivity contribution in [1.29, 1.82) is 0 Å². The highest BCUT2D eigenvalue weighted by molar-refractivity contribution is 5.85. The van der Waals surface area contributed by atoms with Crippen LogP contribution in [0.2, 0.25) is 0 Å². The second-order valence-electron chi connectivity index (χ2n) is 5.24. The zero-order valence-corrected chi connectivity index (χ0v) is 13.2. The SMILES string of the molecule is CC(C)C(C)(CN)NC(=O)CCOc1ccccc1.Cl. The van der Waals surface area contributed by atoms with E-state index in [2.05, 4.69) is 5.32 Å². The number of ether oxygens (including phenoxy) is 1. The summed E-state index contributed by atoms with van der Waals surface area (Å²) in [7, 11) is 0. The summed E-state index contributed by atoms with van der Waals surface area (Å²) < 4.78 is 5.49. The van der Waals surface area contributed by atoms with Crippen LogP contribution in [0, 0.1) is 5.92 Å². The lowest BCUT2D eigenvalue weighted by Crippen LogP contribution is -2.55. The van der Waals surface area contributed by atoms with Crippen molar-refractivity contribution < 1.29 is 9.53 Å². The van der Waals surface area contributed by atoms with Gasteiger partial charge in [-0.1, -0.05) is 32.0 Å². The summed E-state index contributed by atoms with van der Waals surface area (Å²) in [4.78, 5) is 11.9. The monoisotopic (exact) mass is 300 g/mol. The van der Waals surface area contributed by atoms with Crippen LogP contribution in [0.15, 0.2) is 30.3 Å². The Hall–Kier alpha value is -1.26. The Kier molecular flexibility index (Phi) is 8.26. The van der Waals surface area contributed by atoms with Crippen molar-refractivity contribution in [3.63, 3.8) is 0 Å². The molecule has 0 aliphatic rings. The minimum absolute atomic E-state index is 0. The molecule has 1 unspecified atom stereocenters. The van der Waals surface area contributed by atoms with Crippen LogP contribution in [-0.2, 0) is 4.79 Å². The normalized spacial score (nSPS) is 13.2. The third-order valence-electron chi connectivity index (χ3n) is 3.46. The Morgan fingerprint density at radius 3 is 2.45 bits per heavy atom. The molecule has 1 amide bonds. The van der Waals surface area contributed by atoms with Gasteiger partial charge in [0.2, 0.25) is 5.91 Å². The molecular weight excluding hydrogens is 276 g/mol. The van der Waals surface area contributed by atoms with Crippen molar-refractivity contribution in [2.24, 2.45) is 11.7 Å². The summed E-state index contributed by atoms with van der Waals surface area (Å²) in [5.41, 5.74) is 5.37. The number of rotatable bonds is 7. The lowest BCUT2D eigenvalue weighted by molar-refractivity contribution is -0.123. The molecule has 1 rings (SSSR count). The van der Waals surface area contributed by atoms with Crippen LogP contribution in [0.5, 0.6) is 5.75 Å². The van der Waals surface area contributed by atoms with Gasteiger partial charge in [0.05, 0.1) is 18.6 Å². The van der Waals surface area contributed by atoms with E-state index in [9.17, 15) is 4.79 Å². The summed E-state index contributed by atoms with van der Waals surface area (Å²) in [6.45, 7) is 6.86. The second-order valence-corrected chi connectivity index (χ2v) is 5.24. The maximum atomic E-state index is 11.9. The number of benzene rings is 1. The molecule has 1 aromatic carbocycles. The predicted octanol–water partition coefficient (Wildman–Crippen LogP) is 2.37. The number of carbonyl (C=O) groups excluding carboxylic acids is 1. The van der Waals surface area contributed by atoms with E-state index >= 15 is 0 Å². The molecule has 1 atom stereocenters. The van der Waals surface area contributed by atoms with Crippen molar-refractivity contribution in [2.75, 3.05) is 13.2 Å². The number of nitrogens with two attached hydrogens (primary N) is 1. The lowest BCUT2D eigenvalue weighted by atomic mass is 9.88. The van der Waals surface area contributed by atoms with Crippen LogP contribution >= 0.6 is 12.4 Å². The molecule has 114 valence electrons. The van der Waals surface area contributed by atoms with E-state index in [0.29, 0.717) is 19.6 Å². The summed E-state index contributed by atoms with van der Waals surface area (Å²) >= 11 is 0. The topological polar surface area (TPSA) is 64.3 Å². The number of hydrogen-bond donors (Lipinski definition) is 2. The quantitative estimate of drug-likeness (QED) is 0.812. The van der Waals surface area contributed by atoms with Crippen LogP contribution < -0.4 is 15.8 Å². The molecule has 0 saturated heterocycles. The molecule has 0 saturated carbocycles. The van der Waals surface area contributed by atoms with Crippen LogP contribution in [0.1, 0.15) is 27.2 Å². The third kappa shape index (κ3) is 5.80. The first kappa shape index (κ1) is 18.7. The van der Waals surface area contributed by atoms with Crippen LogP contribution in [-0.4, -0.2) is 24.6 Å². The molecule has 3 N–H and O–H groups in total.